The van der Waals surface area contributed by atoms with Crippen LogP contribution in [-0.2, 0) is 4.74 Å². The second-order valence-corrected chi connectivity index (χ2v) is 6.73. The molecular formula is C15H22N4O2S. The van der Waals surface area contributed by atoms with E-state index in [1.165, 1.54) is 0 Å². The van der Waals surface area contributed by atoms with Gasteiger partial charge in [-0.05, 0) is 12.2 Å². The maximum absolute atomic E-state index is 12.8. The minimum atomic E-state index is 0.00820. The van der Waals surface area contributed by atoms with Crippen molar-refractivity contribution in [2.45, 2.75) is 12.5 Å². The van der Waals surface area contributed by atoms with Crippen molar-refractivity contribution in [1.29, 1.82) is 0 Å². The molecule has 0 N–H and O–H groups in total. The number of aromatic nitrogens is 2. The summed E-state index contributed by atoms with van der Waals surface area (Å²) in [6.45, 7) is 5.21. The van der Waals surface area contributed by atoms with Gasteiger partial charge in [0, 0.05) is 44.3 Å². The minimum Gasteiger partial charge on any atom is -0.379 e. The third kappa shape index (κ3) is 3.97. The van der Waals surface area contributed by atoms with Crippen molar-refractivity contribution in [2.75, 3.05) is 50.9 Å². The van der Waals surface area contributed by atoms with Gasteiger partial charge in [0.15, 0.2) is 0 Å². The van der Waals surface area contributed by atoms with Gasteiger partial charge in [0.05, 0.1) is 25.5 Å². The van der Waals surface area contributed by atoms with E-state index in [1.807, 2.05) is 16.7 Å². The number of ether oxygens (including phenoxy) is 1. The van der Waals surface area contributed by atoms with Crippen molar-refractivity contribution in [1.82, 2.24) is 19.8 Å². The van der Waals surface area contributed by atoms with E-state index in [2.05, 4.69) is 14.9 Å². The van der Waals surface area contributed by atoms with Gasteiger partial charge in [-0.1, -0.05) is 0 Å². The normalized spacial score (nSPS) is 24.0. The minimum absolute atomic E-state index is 0.00820. The number of hydrogen-bond donors (Lipinski definition) is 0. The van der Waals surface area contributed by atoms with Crippen LogP contribution in [0.3, 0.4) is 0 Å². The quantitative estimate of drug-likeness (QED) is 0.819. The lowest BCUT2D eigenvalue weighted by Crippen LogP contribution is -2.50. The first-order valence-electron chi connectivity index (χ1n) is 7.79. The Kier molecular flexibility index (Phi) is 5.64. The van der Waals surface area contributed by atoms with Crippen molar-refractivity contribution in [3.63, 3.8) is 0 Å². The number of hydrogen-bond acceptors (Lipinski definition) is 6. The van der Waals surface area contributed by atoms with E-state index in [4.69, 9.17) is 4.74 Å². The standard InChI is InChI=1S/C15H22N4O2S/c20-15(14-10-16-2-3-17-14)19-4-1-9-22-12-13(19)11-18-5-7-21-8-6-18/h2-3,10,13H,1,4-9,11-12H2/t13-/m0/s1. The van der Waals surface area contributed by atoms with Crippen LogP contribution < -0.4 is 0 Å². The third-order valence-electron chi connectivity index (χ3n) is 4.05. The van der Waals surface area contributed by atoms with Gasteiger partial charge in [0.2, 0.25) is 0 Å². The Morgan fingerprint density at radius 1 is 1.32 bits per heavy atom. The summed E-state index contributed by atoms with van der Waals surface area (Å²) in [5.74, 6) is 2.11. The van der Waals surface area contributed by atoms with Crippen LogP contribution in [0.25, 0.3) is 0 Å². The Morgan fingerprint density at radius 2 is 2.18 bits per heavy atom. The Morgan fingerprint density at radius 3 is 2.95 bits per heavy atom. The fraction of sp³-hybridized carbons (Fsp3) is 0.667. The van der Waals surface area contributed by atoms with Crippen LogP contribution in [0.1, 0.15) is 16.9 Å². The third-order valence-corrected chi connectivity index (χ3v) is 5.25. The lowest BCUT2D eigenvalue weighted by Gasteiger charge is -2.35. The van der Waals surface area contributed by atoms with Gasteiger partial charge in [-0.25, -0.2) is 4.98 Å². The average molecular weight is 322 g/mol. The molecule has 1 atom stereocenters. The summed E-state index contributed by atoms with van der Waals surface area (Å²) < 4.78 is 5.41. The van der Waals surface area contributed by atoms with Crippen molar-refractivity contribution in [3.05, 3.63) is 24.3 Å². The topological polar surface area (TPSA) is 58.6 Å². The van der Waals surface area contributed by atoms with Crippen LogP contribution in [0.2, 0.25) is 0 Å². The molecule has 3 heterocycles. The molecule has 0 aliphatic carbocycles. The molecule has 120 valence electrons. The van der Waals surface area contributed by atoms with E-state index in [1.54, 1.807) is 18.6 Å². The summed E-state index contributed by atoms with van der Waals surface area (Å²) in [6, 6.07) is 0.236. The molecule has 7 heteroatoms. The largest absolute Gasteiger partial charge is 0.379 e. The first kappa shape index (κ1) is 15.7. The van der Waals surface area contributed by atoms with Crippen molar-refractivity contribution >= 4 is 17.7 Å². The second-order valence-electron chi connectivity index (χ2n) is 5.58. The molecule has 6 nitrogen and oxygen atoms in total. The van der Waals surface area contributed by atoms with E-state index in [-0.39, 0.29) is 11.9 Å². The lowest BCUT2D eigenvalue weighted by atomic mass is 10.2. The zero-order chi connectivity index (χ0) is 15.2. The van der Waals surface area contributed by atoms with Gasteiger partial charge in [0.1, 0.15) is 5.69 Å². The highest BCUT2D eigenvalue weighted by atomic mass is 32.2. The second kappa shape index (κ2) is 7.89. The summed E-state index contributed by atoms with van der Waals surface area (Å²) in [4.78, 5) is 25.4. The smallest absolute Gasteiger partial charge is 0.274 e. The fourth-order valence-corrected chi connectivity index (χ4v) is 3.94. The van der Waals surface area contributed by atoms with Crippen LogP contribution >= 0.6 is 11.8 Å². The number of rotatable bonds is 3. The molecule has 2 saturated heterocycles. The van der Waals surface area contributed by atoms with E-state index in [0.717, 1.165) is 57.3 Å². The molecule has 2 aliphatic heterocycles. The maximum Gasteiger partial charge on any atom is 0.274 e. The van der Waals surface area contributed by atoms with Crippen LogP contribution in [-0.4, -0.2) is 82.6 Å². The average Bonchev–Trinajstić information content (AvgIpc) is 2.81. The first-order valence-corrected chi connectivity index (χ1v) is 8.95. The van der Waals surface area contributed by atoms with Crippen molar-refractivity contribution in [2.24, 2.45) is 0 Å². The summed E-state index contributed by atoms with van der Waals surface area (Å²) in [7, 11) is 0. The molecule has 0 aromatic carbocycles. The first-order chi connectivity index (χ1) is 10.8. The summed E-state index contributed by atoms with van der Waals surface area (Å²) in [5.41, 5.74) is 0.446. The molecule has 1 amide bonds. The van der Waals surface area contributed by atoms with Crippen LogP contribution in [0.15, 0.2) is 18.6 Å². The number of carbonyl (C=O) groups is 1. The number of morpholine rings is 1. The van der Waals surface area contributed by atoms with Crippen LogP contribution in [0.4, 0.5) is 0 Å². The summed E-state index contributed by atoms with van der Waals surface area (Å²) in [6.07, 6.45) is 5.78. The molecule has 0 bridgehead atoms. The van der Waals surface area contributed by atoms with E-state index >= 15 is 0 Å². The summed E-state index contributed by atoms with van der Waals surface area (Å²) >= 11 is 1.94. The van der Waals surface area contributed by atoms with E-state index < -0.39 is 0 Å². The molecule has 0 spiro atoms. The molecule has 0 saturated carbocycles. The van der Waals surface area contributed by atoms with Gasteiger partial charge < -0.3 is 9.64 Å². The Labute approximate surface area is 135 Å². The summed E-state index contributed by atoms with van der Waals surface area (Å²) in [5, 5.41) is 0. The van der Waals surface area contributed by atoms with Gasteiger partial charge in [0.25, 0.3) is 5.91 Å². The van der Waals surface area contributed by atoms with Crippen LogP contribution in [0, 0.1) is 0 Å². The Balaban J connectivity index is 1.71. The van der Waals surface area contributed by atoms with Gasteiger partial charge in [-0.15, -0.1) is 0 Å². The molecule has 22 heavy (non-hydrogen) atoms. The zero-order valence-corrected chi connectivity index (χ0v) is 13.5. The molecule has 3 rings (SSSR count). The van der Waals surface area contributed by atoms with Crippen LogP contribution in [0.5, 0.6) is 0 Å². The molecule has 2 aliphatic rings. The van der Waals surface area contributed by atoms with Gasteiger partial charge in [-0.2, -0.15) is 11.8 Å². The number of thioether (sulfide) groups is 1. The van der Waals surface area contributed by atoms with E-state index in [9.17, 15) is 4.79 Å². The highest BCUT2D eigenvalue weighted by Crippen LogP contribution is 2.19. The SMILES string of the molecule is O=C(c1cnccn1)N1CCCSC[C@@H]1CN1CCOCC1. The predicted molar refractivity (Wildman–Crippen MR) is 86.1 cm³/mol. The highest BCUT2D eigenvalue weighted by molar-refractivity contribution is 7.99. The van der Waals surface area contributed by atoms with Gasteiger partial charge in [-0.3, -0.25) is 14.7 Å². The Hall–Kier alpha value is -1.18. The fourth-order valence-electron chi connectivity index (χ4n) is 2.89. The van der Waals surface area contributed by atoms with Gasteiger partial charge >= 0.3 is 0 Å². The molecule has 1 aromatic heterocycles. The molecule has 1 aromatic rings. The molecule has 2 fully saturated rings. The number of amides is 1. The van der Waals surface area contributed by atoms with Crippen molar-refractivity contribution < 1.29 is 9.53 Å². The predicted octanol–water partition coefficient (Wildman–Crippen LogP) is 0.756. The lowest BCUT2D eigenvalue weighted by molar-refractivity contribution is 0.0244. The number of nitrogens with zero attached hydrogens (tertiary/aromatic N) is 4. The van der Waals surface area contributed by atoms with Crippen molar-refractivity contribution in [3.8, 4) is 0 Å². The van der Waals surface area contributed by atoms with E-state index in [0.29, 0.717) is 5.69 Å². The molecular weight excluding hydrogens is 300 g/mol. The Bertz CT molecular complexity index is 482. The number of carbonyl (C=O) groups excluding carboxylic acids is 1. The highest BCUT2D eigenvalue weighted by Gasteiger charge is 2.29. The molecule has 0 unspecified atom stereocenters. The monoisotopic (exact) mass is 322 g/mol. The maximum atomic E-state index is 12.8. The zero-order valence-electron chi connectivity index (χ0n) is 12.7. The molecule has 0 radical (unpaired) electrons.